The highest BCUT2D eigenvalue weighted by atomic mass is 16.3. The summed E-state index contributed by atoms with van der Waals surface area (Å²) < 4.78 is 1.24. The van der Waals surface area contributed by atoms with Crippen LogP contribution < -0.4 is 10.9 Å². The van der Waals surface area contributed by atoms with Gasteiger partial charge in [0.05, 0.1) is 5.69 Å². The van der Waals surface area contributed by atoms with Crippen LogP contribution in [0.5, 0.6) is 5.88 Å². The van der Waals surface area contributed by atoms with Crippen LogP contribution in [-0.2, 0) is 4.79 Å². The smallest absolute Gasteiger partial charge is 0.261 e. The highest BCUT2D eigenvalue weighted by Crippen LogP contribution is 2.19. The van der Waals surface area contributed by atoms with Gasteiger partial charge in [0, 0.05) is 24.2 Å². The van der Waals surface area contributed by atoms with Crippen LogP contribution in [0.3, 0.4) is 0 Å². The number of aryl methyl sites for hydroxylation is 1. The van der Waals surface area contributed by atoms with Crippen molar-refractivity contribution in [2.24, 2.45) is 0 Å². The van der Waals surface area contributed by atoms with Gasteiger partial charge in [-0.15, -0.1) is 0 Å². The van der Waals surface area contributed by atoms with Gasteiger partial charge in [-0.3, -0.25) is 9.59 Å². The summed E-state index contributed by atoms with van der Waals surface area (Å²) in [7, 11) is 0. The van der Waals surface area contributed by atoms with E-state index in [-0.39, 0.29) is 17.3 Å². The number of anilines is 1. The molecule has 0 atom stereocenters. The quantitative estimate of drug-likeness (QED) is 0.879. The van der Waals surface area contributed by atoms with E-state index in [2.05, 4.69) is 5.32 Å². The van der Waals surface area contributed by atoms with Gasteiger partial charge in [0.25, 0.3) is 5.56 Å². The van der Waals surface area contributed by atoms with E-state index in [0.717, 1.165) is 5.56 Å². The molecule has 0 saturated heterocycles. The van der Waals surface area contributed by atoms with Gasteiger partial charge in [0.1, 0.15) is 0 Å². The highest BCUT2D eigenvalue weighted by Gasteiger charge is 2.10. The van der Waals surface area contributed by atoms with Crippen LogP contribution in [0.25, 0.3) is 5.69 Å². The number of hydrogen-bond acceptors (Lipinski definition) is 3. The second-order valence-electron chi connectivity index (χ2n) is 4.68. The number of benzene rings is 1. The Morgan fingerprint density at radius 1 is 1.20 bits per heavy atom. The number of hydrogen-bond donors (Lipinski definition) is 2. The first-order chi connectivity index (χ1) is 9.40. The highest BCUT2D eigenvalue weighted by molar-refractivity contribution is 5.88. The molecule has 5 nitrogen and oxygen atoms in total. The van der Waals surface area contributed by atoms with Gasteiger partial charge in [-0.05, 0) is 43.7 Å². The average molecular weight is 272 g/mol. The second kappa shape index (κ2) is 5.21. The van der Waals surface area contributed by atoms with E-state index in [1.165, 1.54) is 11.5 Å². The number of rotatable bonds is 2. The SMILES string of the molecule is CC(=O)Nc1ccc(-n2c(O)cc(C)c(C)c2=O)cc1. The molecule has 0 bridgehead atoms. The van der Waals surface area contributed by atoms with Crippen molar-refractivity contribution in [3.63, 3.8) is 0 Å². The second-order valence-corrected chi connectivity index (χ2v) is 4.68. The molecule has 20 heavy (non-hydrogen) atoms. The van der Waals surface area contributed by atoms with Gasteiger partial charge in [-0.1, -0.05) is 0 Å². The fraction of sp³-hybridized carbons (Fsp3) is 0.200. The number of aromatic nitrogens is 1. The molecule has 0 spiro atoms. The molecule has 1 aromatic heterocycles. The van der Waals surface area contributed by atoms with Gasteiger partial charge >= 0.3 is 0 Å². The molecule has 0 unspecified atom stereocenters. The molecule has 1 heterocycles. The number of nitrogens with one attached hydrogen (secondary N) is 1. The van der Waals surface area contributed by atoms with E-state index in [1.807, 2.05) is 0 Å². The lowest BCUT2D eigenvalue weighted by atomic mass is 10.1. The topological polar surface area (TPSA) is 71.3 Å². The minimum atomic E-state index is -0.255. The molecule has 0 fully saturated rings. The molecule has 0 aliphatic heterocycles. The number of nitrogens with zero attached hydrogens (tertiary/aromatic N) is 1. The third kappa shape index (κ3) is 2.56. The van der Waals surface area contributed by atoms with Crippen molar-refractivity contribution in [3.8, 4) is 11.6 Å². The number of amides is 1. The van der Waals surface area contributed by atoms with Gasteiger partial charge in [-0.25, -0.2) is 4.57 Å². The Bertz CT molecular complexity index is 715. The van der Waals surface area contributed by atoms with E-state index in [1.54, 1.807) is 44.2 Å². The Kier molecular flexibility index (Phi) is 3.61. The molecule has 1 aromatic carbocycles. The maximum Gasteiger partial charge on any atom is 0.261 e. The van der Waals surface area contributed by atoms with Crippen LogP contribution in [0, 0.1) is 13.8 Å². The Morgan fingerprint density at radius 3 is 2.35 bits per heavy atom. The molecule has 0 aliphatic rings. The summed E-state index contributed by atoms with van der Waals surface area (Å²) >= 11 is 0. The summed E-state index contributed by atoms with van der Waals surface area (Å²) in [6, 6.07) is 8.25. The largest absolute Gasteiger partial charge is 0.494 e. The molecule has 2 rings (SSSR count). The number of carbonyl (C=O) groups excluding carboxylic acids is 1. The van der Waals surface area contributed by atoms with Crippen molar-refractivity contribution >= 4 is 11.6 Å². The Labute approximate surface area is 116 Å². The third-order valence-electron chi connectivity index (χ3n) is 3.14. The summed E-state index contributed by atoms with van der Waals surface area (Å²) in [4.78, 5) is 23.2. The molecule has 104 valence electrons. The molecular weight excluding hydrogens is 256 g/mol. The van der Waals surface area contributed by atoms with Crippen molar-refractivity contribution < 1.29 is 9.90 Å². The molecule has 0 radical (unpaired) electrons. The molecule has 0 aliphatic carbocycles. The van der Waals surface area contributed by atoms with Crippen LogP contribution in [-0.4, -0.2) is 15.6 Å². The predicted octanol–water partition coefficient (Wildman–Crippen LogP) is 2.12. The minimum Gasteiger partial charge on any atom is -0.494 e. The van der Waals surface area contributed by atoms with E-state index in [4.69, 9.17) is 0 Å². The monoisotopic (exact) mass is 272 g/mol. The fourth-order valence-electron chi connectivity index (χ4n) is 1.95. The van der Waals surface area contributed by atoms with Crippen LogP contribution >= 0.6 is 0 Å². The Balaban J connectivity index is 2.50. The van der Waals surface area contributed by atoms with Crippen molar-refractivity contribution in [2.75, 3.05) is 5.32 Å². The van der Waals surface area contributed by atoms with Crippen LogP contribution in [0.2, 0.25) is 0 Å². The molecule has 2 aromatic rings. The standard InChI is InChI=1S/C15H16N2O3/c1-9-8-14(19)17(15(20)10(9)2)13-6-4-12(5-7-13)16-11(3)18/h4-8,19H,1-3H3,(H,16,18). The predicted molar refractivity (Wildman–Crippen MR) is 77.5 cm³/mol. The van der Waals surface area contributed by atoms with Crippen molar-refractivity contribution in [3.05, 3.63) is 51.8 Å². The van der Waals surface area contributed by atoms with E-state index < -0.39 is 0 Å². The number of pyridine rings is 1. The van der Waals surface area contributed by atoms with Gasteiger partial charge in [-0.2, -0.15) is 0 Å². The summed E-state index contributed by atoms with van der Waals surface area (Å²) in [5.74, 6) is -0.269. The zero-order valence-corrected chi connectivity index (χ0v) is 11.6. The zero-order chi connectivity index (χ0) is 14.9. The first-order valence-corrected chi connectivity index (χ1v) is 6.20. The van der Waals surface area contributed by atoms with Gasteiger partial charge < -0.3 is 10.4 Å². The minimum absolute atomic E-state index is 0.106. The van der Waals surface area contributed by atoms with Crippen molar-refractivity contribution in [1.82, 2.24) is 4.57 Å². The molecular formula is C15H16N2O3. The number of carbonyl (C=O) groups is 1. The van der Waals surface area contributed by atoms with E-state index in [0.29, 0.717) is 16.9 Å². The lowest BCUT2D eigenvalue weighted by molar-refractivity contribution is -0.114. The summed E-state index contributed by atoms with van der Waals surface area (Å²) in [5.41, 5.74) is 2.27. The van der Waals surface area contributed by atoms with Crippen molar-refractivity contribution in [2.45, 2.75) is 20.8 Å². The van der Waals surface area contributed by atoms with Gasteiger partial charge in [0.15, 0.2) is 5.88 Å². The summed E-state index contributed by atoms with van der Waals surface area (Å²) in [5, 5.41) is 12.6. The molecule has 0 saturated carbocycles. The fourth-order valence-corrected chi connectivity index (χ4v) is 1.95. The van der Waals surface area contributed by atoms with E-state index in [9.17, 15) is 14.7 Å². The average Bonchev–Trinajstić information content (AvgIpc) is 2.37. The van der Waals surface area contributed by atoms with Crippen molar-refractivity contribution in [1.29, 1.82) is 0 Å². The van der Waals surface area contributed by atoms with E-state index >= 15 is 0 Å². The van der Waals surface area contributed by atoms with Crippen LogP contribution in [0.4, 0.5) is 5.69 Å². The van der Waals surface area contributed by atoms with Gasteiger partial charge in [0.2, 0.25) is 5.91 Å². The van der Waals surface area contributed by atoms with Crippen LogP contribution in [0.15, 0.2) is 35.1 Å². The normalized spacial score (nSPS) is 10.3. The summed E-state index contributed by atoms with van der Waals surface area (Å²) in [6.07, 6.45) is 0. The first-order valence-electron chi connectivity index (χ1n) is 6.20. The third-order valence-corrected chi connectivity index (χ3v) is 3.14. The summed E-state index contributed by atoms with van der Waals surface area (Å²) in [6.45, 7) is 4.92. The Hall–Kier alpha value is -2.56. The number of aromatic hydroxyl groups is 1. The maximum atomic E-state index is 12.2. The zero-order valence-electron chi connectivity index (χ0n) is 11.6. The maximum absolute atomic E-state index is 12.2. The lowest BCUT2D eigenvalue weighted by Gasteiger charge is -2.12. The Morgan fingerprint density at radius 2 is 1.80 bits per heavy atom. The molecule has 5 heteroatoms. The first kappa shape index (κ1) is 13.9. The lowest BCUT2D eigenvalue weighted by Crippen LogP contribution is -2.21. The van der Waals surface area contributed by atoms with Crippen LogP contribution in [0.1, 0.15) is 18.1 Å². The molecule has 2 N–H and O–H groups in total. The molecule has 1 amide bonds.